The van der Waals surface area contributed by atoms with Gasteiger partial charge in [-0.05, 0) is 0 Å². The molecule has 0 spiro atoms. The Morgan fingerprint density at radius 3 is 2.50 bits per heavy atom. The summed E-state index contributed by atoms with van der Waals surface area (Å²) in [6, 6.07) is 0. The highest BCUT2D eigenvalue weighted by Gasteiger charge is 2.12. The minimum Gasteiger partial charge on any atom is -0.480 e. The van der Waals surface area contributed by atoms with Gasteiger partial charge in [-0.1, -0.05) is 0 Å². The lowest BCUT2D eigenvalue weighted by Gasteiger charge is -2.05. The van der Waals surface area contributed by atoms with Crippen molar-refractivity contribution in [3.8, 4) is 0 Å². The minimum atomic E-state index is -1.20. The summed E-state index contributed by atoms with van der Waals surface area (Å²) >= 11 is 0. The maximum atomic E-state index is 11.4. The number of nitrogens with zero attached hydrogens (tertiary/aromatic N) is 3. The maximum absolute atomic E-state index is 11.4. The van der Waals surface area contributed by atoms with Gasteiger partial charge in [-0.25, -0.2) is 0 Å². The average Bonchev–Trinajstić information content (AvgIpc) is 2.82. The number of aliphatic carboxylic acids is 1. The molecule has 0 fully saturated rings. The quantitative estimate of drug-likeness (QED) is 0.390. The molecule has 0 bridgehead atoms. The Bertz CT molecular complexity index is 539. The molecule has 0 saturated heterocycles. The number of hydrogen-bond donors (Lipinski definition) is 3. The highest BCUT2D eigenvalue weighted by molar-refractivity contribution is 5.86. The number of nitrogens with one attached hydrogen (secondary N) is 2. The van der Waals surface area contributed by atoms with E-state index in [-0.39, 0.29) is 12.2 Å². The van der Waals surface area contributed by atoms with Crippen LogP contribution in [0.5, 0.6) is 0 Å². The Labute approximate surface area is 111 Å². The molecule has 0 atom stereocenters. The Kier molecular flexibility index (Phi) is 5.14. The molecule has 108 valence electrons. The van der Waals surface area contributed by atoms with Crippen molar-refractivity contribution in [1.29, 1.82) is 0 Å². The van der Waals surface area contributed by atoms with Gasteiger partial charge in [0.05, 0.1) is 11.5 Å². The summed E-state index contributed by atoms with van der Waals surface area (Å²) in [5.74, 6) is -2.45. The summed E-state index contributed by atoms with van der Waals surface area (Å²) < 4.78 is 1.04. The lowest BCUT2D eigenvalue weighted by atomic mass is 10.5. The topological polar surface area (TPSA) is 156 Å². The zero-order valence-corrected chi connectivity index (χ0v) is 10.1. The van der Waals surface area contributed by atoms with Crippen molar-refractivity contribution in [2.24, 2.45) is 0 Å². The summed E-state index contributed by atoms with van der Waals surface area (Å²) in [5, 5.41) is 26.6. The molecule has 1 aromatic rings. The van der Waals surface area contributed by atoms with Crippen LogP contribution in [0.1, 0.15) is 0 Å². The number of carboxylic acids is 1. The summed E-state index contributed by atoms with van der Waals surface area (Å²) in [4.78, 5) is 42.4. The van der Waals surface area contributed by atoms with Crippen molar-refractivity contribution < 1.29 is 24.4 Å². The summed E-state index contributed by atoms with van der Waals surface area (Å²) in [5.41, 5.74) is -0.253. The van der Waals surface area contributed by atoms with E-state index in [9.17, 15) is 24.5 Å². The van der Waals surface area contributed by atoms with E-state index in [0.29, 0.717) is 0 Å². The van der Waals surface area contributed by atoms with E-state index >= 15 is 0 Å². The number of carbonyl (C=O) groups is 3. The monoisotopic (exact) mass is 285 g/mol. The molecular weight excluding hydrogens is 274 g/mol. The van der Waals surface area contributed by atoms with Crippen LogP contribution < -0.4 is 10.6 Å². The van der Waals surface area contributed by atoms with E-state index in [0.717, 1.165) is 17.1 Å². The van der Waals surface area contributed by atoms with Crippen LogP contribution in [0.25, 0.3) is 0 Å². The van der Waals surface area contributed by atoms with Crippen LogP contribution in [0.2, 0.25) is 0 Å². The lowest BCUT2D eigenvalue weighted by Crippen LogP contribution is -2.40. The van der Waals surface area contributed by atoms with Crippen LogP contribution in [0.4, 0.5) is 5.69 Å². The molecule has 1 rings (SSSR count). The van der Waals surface area contributed by atoms with Crippen molar-refractivity contribution in [3.05, 3.63) is 22.5 Å². The molecule has 2 amide bonds. The molecule has 11 nitrogen and oxygen atoms in total. The Balaban J connectivity index is 2.34. The smallest absolute Gasteiger partial charge is 0.322 e. The molecule has 11 heteroatoms. The van der Waals surface area contributed by atoms with Crippen LogP contribution in [0, 0.1) is 10.1 Å². The molecule has 3 N–H and O–H groups in total. The molecule has 0 unspecified atom stereocenters. The zero-order chi connectivity index (χ0) is 15.1. The third-order valence-electron chi connectivity index (χ3n) is 2.02. The standard InChI is InChI=1S/C9H11N5O6/c15-7(11-3-9(17)18)2-10-8(16)5-13-4-6(1-12-13)14(19)20/h1,4H,2-3,5H2,(H,10,16)(H,11,15)(H,17,18). The van der Waals surface area contributed by atoms with Crippen molar-refractivity contribution in [2.75, 3.05) is 13.1 Å². The van der Waals surface area contributed by atoms with Crippen molar-refractivity contribution in [3.63, 3.8) is 0 Å². The second-order valence-electron chi connectivity index (χ2n) is 3.60. The number of nitro groups is 1. The van der Waals surface area contributed by atoms with Gasteiger partial charge in [0.25, 0.3) is 0 Å². The van der Waals surface area contributed by atoms with Gasteiger partial charge in [-0.15, -0.1) is 0 Å². The number of carboxylic acid groups (broad SMARTS) is 1. The van der Waals surface area contributed by atoms with Gasteiger partial charge in [0.1, 0.15) is 25.5 Å². The van der Waals surface area contributed by atoms with Crippen molar-refractivity contribution in [1.82, 2.24) is 20.4 Å². The molecule has 0 aromatic carbocycles. The van der Waals surface area contributed by atoms with Crippen LogP contribution in [0.3, 0.4) is 0 Å². The van der Waals surface area contributed by atoms with Crippen LogP contribution in [-0.4, -0.2) is 50.7 Å². The molecular formula is C9H11N5O6. The third kappa shape index (κ3) is 5.12. The number of rotatable bonds is 7. The highest BCUT2D eigenvalue weighted by atomic mass is 16.6. The van der Waals surface area contributed by atoms with Crippen molar-refractivity contribution in [2.45, 2.75) is 6.54 Å². The first-order chi connectivity index (χ1) is 9.38. The summed E-state index contributed by atoms with van der Waals surface area (Å²) in [7, 11) is 0. The number of amides is 2. The summed E-state index contributed by atoms with van der Waals surface area (Å²) in [6.07, 6.45) is 2.07. The van der Waals surface area contributed by atoms with Crippen molar-refractivity contribution >= 4 is 23.5 Å². The summed E-state index contributed by atoms with van der Waals surface area (Å²) in [6.45, 7) is -1.23. The van der Waals surface area contributed by atoms with E-state index in [1.807, 2.05) is 0 Å². The van der Waals surface area contributed by atoms with E-state index in [4.69, 9.17) is 5.11 Å². The van der Waals surface area contributed by atoms with Crippen LogP contribution in [0.15, 0.2) is 12.4 Å². The molecule has 0 radical (unpaired) electrons. The second kappa shape index (κ2) is 6.82. The zero-order valence-electron chi connectivity index (χ0n) is 10.1. The van der Waals surface area contributed by atoms with Gasteiger partial charge in [-0.3, -0.25) is 29.2 Å². The molecule has 1 aromatic heterocycles. The Hall–Kier alpha value is -2.98. The maximum Gasteiger partial charge on any atom is 0.322 e. The number of aromatic nitrogens is 2. The molecule has 0 saturated carbocycles. The minimum absolute atomic E-state index is 0.253. The fourth-order valence-corrected chi connectivity index (χ4v) is 1.15. The van der Waals surface area contributed by atoms with Crippen LogP contribution in [-0.2, 0) is 20.9 Å². The van der Waals surface area contributed by atoms with E-state index in [1.165, 1.54) is 0 Å². The second-order valence-corrected chi connectivity index (χ2v) is 3.60. The first kappa shape index (κ1) is 15.1. The Morgan fingerprint density at radius 2 is 1.95 bits per heavy atom. The van der Waals surface area contributed by atoms with E-state index in [2.05, 4.69) is 15.7 Å². The van der Waals surface area contributed by atoms with Gasteiger partial charge in [0, 0.05) is 0 Å². The number of hydrogen-bond acceptors (Lipinski definition) is 6. The van der Waals surface area contributed by atoms with Gasteiger partial charge in [0.2, 0.25) is 11.8 Å². The number of carbonyl (C=O) groups excluding carboxylic acids is 2. The van der Waals surface area contributed by atoms with Gasteiger partial charge >= 0.3 is 11.7 Å². The van der Waals surface area contributed by atoms with E-state index in [1.54, 1.807) is 0 Å². The highest BCUT2D eigenvalue weighted by Crippen LogP contribution is 2.07. The first-order valence-corrected chi connectivity index (χ1v) is 5.30. The fraction of sp³-hybridized carbons (Fsp3) is 0.333. The van der Waals surface area contributed by atoms with E-state index < -0.39 is 35.8 Å². The predicted molar refractivity (Wildman–Crippen MR) is 62.5 cm³/mol. The first-order valence-electron chi connectivity index (χ1n) is 5.30. The predicted octanol–water partition coefficient (Wildman–Crippen LogP) is -1.89. The lowest BCUT2D eigenvalue weighted by molar-refractivity contribution is -0.385. The normalized spacial score (nSPS) is 9.80. The molecule has 0 aliphatic rings. The molecule has 0 aliphatic carbocycles. The fourth-order valence-electron chi connectivity index (χ4n) is 1.15. The largest absolute Gasteiger partial charge is 0.480 e. The molecule has 0 aliphatic heterocycles. The molecule has 1 heterocycles. The van der Waals surface area contributed by atoms with Gasteiger partial charge in [0.15, 0.2) is 0 Å². The van der Waals surface area contributed by atoms with Gasteiger partial charge < -0.3 is 15.7 Å². The third-order valence-corrected chi connectivity index (χ3v) is 2.02. The van der Waals surface area contributed by atoms with Gasteiger partial charge in [-0.2, -0.15) is 5.10 Å². The van der Waals surface area contributed by atoms with Crippen LogP contribution >= 0.6 is 0 Å². The Morgan fingerprint density at radius 1 is 1.30 bits per heavy atom. The average molecular weight is 285 g/mol. The molecule has 20 heavy (non-hydrogen) atoms. The SMILES string of the molecule is O=C(O)CNC(=O)CNC(=O)Cn1cc([N+](=O)[O-])cn1.